The van der Waals surface area contributed by atoms with E-state index in [0.29, 0.717) is 9.92 Å². The van der Waals surface area contributed by atoms with Crippen LogP contribution in [0.4, 0.5) is 10.5 Å². The summed E-state index contributed by atoms with van der Waals surface area (Å²) >= 11 is 5.97. The molecule has 1 aliphatic rings. The number of amides is 1. The van der Waals surface area contributed by atoms with Crippen LogP contribution in [0, 0.1) is 0 Å². The third-order valence-electron chi connectivity index (χ3n) is 4.80. The second-order valence-corrected chi connectivity index (χ2v) is 8.58. The molecule has 0 aliphatic carbocycles. The van der Waals surface area contributed by atoms with Crippen LogP contribution in [-0.2, 0) is 22.1 Å². The van der Waals surface area contributed by atoms with E-state index in [1.54, 1.807) is 38.2 Å². The highest BCUT2D eigenvalue weighted by molar-refractivity contribution is 7.86. The van der Waals surface area contributed by atoms with Crippen molar-refractivity contribution in [3.63, 3.8) is 0 Å². The number of ether oxygens (including phenoxy) is 1. The van der Waals surface area contributed by atoms with Crippen LogP contribution in [0.25, 0.3) is 0 Å². The summed E-state index contributed by atoms with van der Waals surface area (Å²) < 4.78 is 20.7. The first kappa shape index (κ1) is 24.2. The molecule has 1 heterocycles. The lowest BCUT2D eigenvalue weighted by molar-refractivity contribution is 0.0944. The molecular weight excluding hydrogens is 422 g/mol. The van der Waals surface area contributed by atoms with Crippen LogP contribution >= 0.6 is 11.6 Å². The molecule has 0 bridgehead atoms. The largest absolute Gasteiger partial charge is 0.447 e. The molecule has 3 unspecified atom stereocenters. The Hall–Kier alpha value is -2.09. The van der Waals surface area contributed by atoms with Crippen LogP contribution in [0.1, 0.15) is 32.8 Å². The molecule has 0 saturated carbocycles. The molecule has 2 N–H and O–H groups in total. The number of anilines is 1. The monoisotopic (exact) mass is 451 g/mol. The third kappa shape index (κ3) is 5.74. The number of fused-ring (bicyclic) bond motifs is 1. The summed E-state index contributed by atoms with van der Waals surface area (Å²) in [4.78, 5) is 14.1. The third-order valence-corrected chi connectivity index (χ3v) is 6.58. The molecule has 8 heteroatoms. The number of nitrogens with zero attached hydrogens (tertiary/aromatic N) is 2. The maximum absolute atomic E-state index is 13.4. The second-order valence-electron chi connectivity index (χ2n) is 6.78. The number of rotatable bonds is 5. The molecule has 3 rings (SSSR count). The van der Waals surface area contributed by atoms with Gasteiger partial charge >= 0.3 is 6.09 Å². The van der Waals surface area contributed by atoms with Crippen LogP contribution in [-0.4, -0.2) is 41.1 Å². The first-order valence-corrected chi connectivity index (χ1v) is 11.6. The molecule has 3 atom stereocenters. The number of para-hydroxylation sites is 1. The van der Waals surface area contributed by atoms with E-state index in [1.807, 2.05) is 42.4 Å². The lowest BCUT2D eigenvalue weighted by Gasteiger charge is -2.37. The molecule has 0 spiro atoms. The zero-order valence-electron chi connectivity index (χ0n) is 17.9. The van der Waals surface area contributed by atoms with E-state index in [-0.39, 0.29) is 12.6 Å². The summed E-state index contributed by atoms with van der Waals surface area (Å²) in [5.41, 5.74) is 7.75. The van der Waals surface area contributed by atoms with Crippen molar-refractivity contribution in [1.29, 1.82) is 0 Å². The van der Waals surface area contributed by atoms with E-state index in [0.717, 1.165) is 24.1 Å². The number of aryl methyl sites for hydroxylation is 1. The number of nitrogens with two attached hydrogens (primary N) is 1. The topological polar surface area (TPSA) is 75.9 Å². The predicted molar refractivity (Wildman–Crippen MR) is 123 cm³/mol. The van der Waals surface area contributed by atoms with Crippen molar-refractivity contribution < 1.29 is 13.7 Å². The summed E-state index contributed by atoms with van der Waals surface area (Å²) in [6.45, 7) is 5.84. The van der Waals surface area contributed by atoms with Crippen LogP contribution in [0.2, 0.25) is 5.02 Å². The Kier molecular flexibility index (Phi) is 9.14. The molecule has 1 aliphatic heterocycles. The normalized spacial score (nSPS) is 17.1. The molecule has 164 valence electrons. The van der Waals surface area contributed by atoms with E-state index >= 15 is 0 Å². The fourth-order valence-electron chi connectivity index (χ4n) is 3.05. The first-order chi connectivity index (χ1) is 14.4. The summed E-state index contributed by atoms with van der Waals surface area (Å²) in [5, 5.41) is 0.587. The van der Waals surface area contributed by atoms with Crippen LogP contribution in [0.5, 0.6) is 0 Å². The lowest BCUT2D eigenvalue weighted by Crippen LogP contribution is -2.46. The van der Waals surface area contributed by atoms with E-state index in [4.69, 9.17) is 22.1 Å². The van der Waals surface area contributed by atoms with E-state index in [9.17, 15) is 9.00 Å². The molecule has 1 amide bonds. The van der Waals surface area contributed by atoms with Gasteiger partial charge in [-0.25, -0.2) is 9.00 Å². The Morgan fingerprint density at radius 1 is 1.27 bits per heavy atom. The number of carbonyl (C=O) groups excluding carboxylic acids is 1. The number of hydrogen-bond donors (Lipinski definition) is 1. The highest BCUT2D eigenvalue weighted by atomic mass is 35.5. The van der Waals surface area contributed by atoms with Crippen molar-refractivity contribution in [3.8, 4) is 0 Å². The standard InChI is InChI=1S/C20H24ClN3O3S.C2H6/c1-14(22)23(2)20(25)27-13-17-10-7-15-5-3-4-6-19(15)24(17)28(26)18-11-8-16(21)9-12-18;1-2/h3-6,8-9,11-12,14,17H,7,10,13,22H2,1-2H3;1-2H3. The molecule has 0 aromatic heterocycles. The Bertz CT molecular complexity index is 861. The minimum absolute atomic E-state index is 0.129. The summed E-state index contributed by atoms with van der Waals surface area (Å²) in [7, 11) is 0.131. The van der Waals surface area contributed by atoms with Gasteiger partial charge < -0.3 is 10.5 Å². The van der Waals surface area contributed by atoms with Crippen molar-refractivity contribution in [2.24, 2.45) is 5.73 Å². The molecule has 30 heavy (non-hydrogen) atoms. The van der Waals surface area contributed by atoms with Gasteiger partial charge in [0, 0.05) is 12.1 Å². The quantitative estimate of drug-likeness (QED) is 0.675. The second kappa shape index (κ2) is 11.3. The van der Waals surface area contributed by atoms with Gasteiger partial charge in [0.25, 0.3) is 0 Å². The van der Waals surface area contributed by atoms with Crippen molar-refractivity contribution in [2.75, 3.05) is 18.0 Å². The maximum atomic E-state index is 13.4. The molecule has 2 aromatic rings. The molecular formula is C22H30ClN3O3S. The predicted octanol–water partition coefficient (Wildman–Crippen LogP) is 4.58. The van der Waals surface area contributed by atoms with Gasteiger partial charge in [-0.3, -0.25) is 9.21 Å². The Labute approximate surface area is 186 Å². The zero-order chi connectivity index (χ0) is 22.3. The molecule has 2 aromatic carbocycles. The summed E-state index contributed by atoms with van der Waals surface area (Å²) in [6, 6.07) is 14.6. The first-order valence-electron chi connectivity index (χ1n) is 10.1. The highest BCUT2D eigenvalue weighted by Crippen LogP contribution is 2.34. The maximum Gasteiger partial charge on any atom is 0.410 e. The Balaban J connectivity index is 0.00000155. The smallest absolute Gasteiger partial charge is 0.410 e. The van der Waals surface area contributed by atoms with Crippen molar-refractivity contribution in [3.05, 3.63) is 59.1 Å². The number of halogens is 1. The highest BCUT2D eigenvalue weighted by Gasteiger charge is 2.32. The van der Waals surface area contributed by atoms with Gasteiger partial charge in [-0.2, -0.15) is 0 Å². The average Bonchev–Trinajstić information content (AvgIpc) is 2.77. The van der Waals surface area contributed by atoms with Crippen molar-refractivity contribution >= 4 is 34.4 Å². The minimum atomic E-state index is -1.46. The summed E-state index contributed by atoms with van der Waals surface area (Å²) in [6.07, 6.45) is 0.617. The van der Waals surface area contributed by atoms with E-state index in [1.165, 1.54) is 4.90 Å². The zero-order valence-corrected chi connectivity index (χ0v) is 19.4. The molecule has 0 radical (unpaired) electrons. The van der Waals surface area contributed by atoms with Gasteiger partial charge in [0.2, 0.25) is 0 Å². The van der Waals surface area contributed by atoms with Gasteiger partial charge in [-0.05, 0) is 55.7 Å². The Morgan fingerprint density at radius 3 is 2.53 bits per heavy atom. The molecule has 0 fully saturated rings. The number of benzene rings is 2. The number of hydrogen-bond acceptors (Lipinski definition) is 4. The van der Waals surface area contributed by atoms with Crippen LogP contribution < -0.4 is 10.0 Å². The Morgan fingerprint density at radius 2 is 1.90 bits per heavy atom. The van der Waals surface area contributed by atoms with Gasteiger partial charge in [-0.15, -0.1) is 0 Å². The SMILES string of the molecule is CC.CC(N)N(C)C(=O)OCC1CCc2ccccc2N1S(=O)c1ccc(Cl)cc1. The number of carbonyl (C=O) groups is 1. The van der Waals surface area contributed by atoms with Crippen molar-refractivity contribution in [2.45, 2.75) is 50.7 Å². The van der Waals surface area contributed by atoms with Crippen LogP contribution in [0.15, 0.2) is 53.4 Å². The van der Waals surface area contributed by atoms with E-state index < -0.39 is 23.2 Å². The van der Waals surface area contributed by atoms with Crippen LogP contribution in [0.3, 0.4) is 0 Å². The fraction of sp³-hybridized carbons (Fsp3) is 0.409. The van der Waals surface area contributed by atoms with E-state index in [2.05, 4.69) is 0 Å². The van der Waals surface area contributed by atoms with Gasteiger partial charge in [0.05, 0.1) is 22.8 Å². The minimum Gasteiger partial charge on any atom is -0.447 e. The van der Waals surface area contributed by atoms with Gasteiger partial charge in [0.15, 0.2) is 11.0 Å². The molecule has 6 nitrogen and oxygen atoms in total. The van der Waals surface area contributed by atoms with Crippen molar-refractivity contribution in [1.82, 2.24) is 4.90 Å². The molecule has 0 saturated heterocycles. The summed E-state index contributed by atoms with van der Waals surface area (Å²) in [5.74, 6) is 0. The average molecular weight is 452 g/mol. The fourth-order valence-corrected chi connectivity index (χ4v) is 4.57. The lowest BCUT2D eigenvalue weighted by atomic mass is 9.98. The van der Waals surface area contributed by atoms with Gasteiger partial charge in [0.1, 0.15) is 6.61 Å². The van der Waals surface area contributed by atoms with Gasteiger partial charge in [-0.1, -0.05) is 43.6 Å².